The smallest absolute Gasteiger partial charge is 0.200 e. The molecule has 1 aromatic rings. The van der Waals surface area contributed by atoms with Gasteiger partial charge in [-0.1, -0.05) is 6.07 Å². The molecule has 3 rings (SSSR count). The fourth-order valence-corrected chi connectivity index (χ4v) is 4.22. The number of rotatable bonds is 6. The summed E-state index contributed by atoms with van der Waals surface area (Å²) in [5, 5.41) is 0. The minimum atomic E-state index is -0.861. The van der Waals surface area contributed by atoms with Gasteiger partial charge in [-0.3, -0.25) is 0 Å². The zero-order valence-corrected chi connectivity index (χ0v) is 15.1. The van der Waals surface area contributed by atoms with E-state index in [1.807, 2.05) is 6.92 Å². The summed E-state index contributed by atoms with van der Waals surface area (Å²) in [6.07, 6.45) is 5.89. The number of hydrogen-bond donors (Lipinski definition) is 0. The second-order valence-corrected chi connectivity index (χ2v) is 6.96. The standard InChI is InChI=1S/C20H28F2O3/c1-3-23-17-10-9-15(19(21)20(17)22)13-5-7-14(8-6-13)16-11-12-18(25-16)24-4-2/h9-10,13-14,16,18H,3-8,11-12H2,1-2H3. The van der Waals surface area contributed by atoms with Gasteiger partial charge in [0.25, 0.3) is 0 Å². The molecule has 1 aliphatic heterocycles. The van der Waals surface area contributed by atoms with E-state index in [0.717, 1.165) is 38.5 Å². The summed E-state index contributed by atoms with van der Waals surface area (Å²) in [5.41, 5.74) is 0.485. The molecular formula is C20H28F2O3. The zero-order valence-electron chi connectivity index (χ0n) is 15.1. The van der Waals surface area contributed by atoms with Crippen LogP contribution in [0.1, 0.15) is 63.9 Å². The van der Waals surface area contributed by atoms with E-state index in [-0.39, 0.29) is 24.1 Å². The highest BCUT2D eigenvalue weighted by molar-refractivity contribution is 5.33. The van der Waals surface area contributed by atoms with E-state index < -0.39 is 11.6 Å². The monoisotopic (exact) mass is 354 g/mol. The average molecular weight is 354 g/mol. The van der Waals surface area contributed by atoms with Gasteiger partial charge in [-0.25, -0.2) is 4.39 Å². The maximum absolute atomic E-state index is 14.4. The summed E-state index contributed by atoms with van der Waals surface area (Å²) in [5.74, 6) is -1.04. The van der Waals surface area contributed by atoms with E-state index in [4.69, 9.17) is 14.2 Å². The molecule has 1 heterocycles. The summed E-state index contributed by atoms with van der Waals surface area (Å²) >= 11 is 0. The Balaban J connectivity index is 1.58. The fraction of sp³-hybridized carbons (Fsp3) is 0.700. The first-order valence-electron chi connectivity index (χ1n) is 9.51. The van der Waals surface area contributed by atoms with Gasteiger partial charge in [0, 0.05) is 13.0 Å². The van der Waals surface area contributed by atoms with E-state index in [0.29, 0.717) is 24.7 Å². The molecule has 3 nitrogen and oxygen atoms in total. The normalized spacial score (nSPS) is 29.8. The molecule has 0 aromatic heterocycles. The van der Waals surface area contributed by atoms with Gasteiger partial charge in [0.05, 0.1) is 12.7 Å². The van der Waals surface area contributed by atoms with Crippen LogP contribution in [0.15, 0.2) is 12.1 Å². The number of halogens is 2. The first-order chi connectivity index (χ1) is 12.1. The molecule has 0 amide bonds. The topological polar surface area (TPSA) is 27.7 Å². The minimum absolute atomic E-state index is 0.00115. The van der Waals surface area contributed by atoms with Crippen LogP contribution in [0.4, 0.5) is 8.78 Å². The van der Waals surface area contributed by atoms with Gasteiger partial charge in [0.2, 0.25) is 5.82 Å². The Morgan fingerprint density at radius 1 is 0.960 bits per heavy atom. The highest BCUT2D eigenvalue weighted by Crippen LogP contribution is 2.42. The van der Waals surface area contributed by atoms with Gasteiger partial charge in [-0.15, -0.1) is 0 Å². The zero-order chi connectivity index (χ0) is 17.8. The first kappa shape index (κ1) is 18.6. The lowest BCUT2D eigenvalue weighted by atomic mass is 9.76. The van der Waals surface area contributed by atoms with E-state index in [2.05, 4.69) is 0 Å². The van der Waals surface area contributed by atoms with Crippen molar-refractivity contribution in [3.05, 3.63) is 29.3 Å². The molecule has 2 fully saturated rings. The molecule has 2 unspecified atom stereocenters. The molecule has 2 atom stereocenters. The van der Waals surface area contributed by atoms with Crippen LogP contribution in [-0.4, -0.2) is 25.6 Å². The van der Waals surface area contributed by atoms with E-state index >= 15 is 0 Å². The van der Waals surface area contributed by atoms with Crippen LogP contribution in [0.2, 0.25) is 0 Å². The van der Waals surface area contributed by atoms with Gasteiger partial charge in [-0.05, 0) is 69.4 Å². The second kappa shape index (κ2) is 8.45. The average Bonchev–Trinajstić information content (AvgIpc) is 3.09. The maximum Gasteiger partial charge on any atom is 0.200 e. The fourth-order valence-electron chi connectivity index (χ4n) is 4.22. The molecule has 25 heavy (non-hydrogen) atoms. The molecule has 1 aromatic carbocycles. The van der Waals surface area contributed by atoms with E-state index in [1.54, 1.807) is 19.1 Å². The molecular weight excluding hydrogens is 326 g/mol. The molecule has 2 aliphatic rings. The summed E-state index contributed by atoms with van der Waals surface area (Å²) in [4.78, 5) is 0. The van der Waals surface area contributed by atoms with Crippen molar-refractivity contribution in [3.8, 4) is 5.75 Å². The largest absolute Gasteiger partial charge is 0.491 e. The van der Waals surface area contributed by atoms with Gasteiger partial charge < -0.3 is 14.2 Å². The Kier molecular flexibility index (Phi) is 6.29. The van der Waals surface area contributed by atoms with Crippen LogP contribution in [0, 0.1) is 17.6 Å². The third-order valence-electron chi connectivity index (χ3n) is 5.48. The summed E-state index contributed by atoms with van der Waals surface area (Å²) in [7, 11) is 0. The molecule has 1 saturated carbocycles. The van der Waals surface area contributed by atoms with Crippen molar-refractivity contribution >= 4 is 0 Å². The van der Waals surface area contributed by atoms with Crippen molar-refractivity contribution in [2.45, 2.75) is 70.7 Å². The van der Waals surface area contributed by atoms with Crippen molar-refractivity contribution in [2.75, 3.05) is 13.2 Å². The Labute approximate surface area is 148 Å². The summed E-state index contributed by atoms with van der Waals surface area (Å²) < 4.78 is 45.2. The lowest BCUT2D eigenvalue weighted by Crippen LogP contribution is -2.26. The predicted molar refractivity (Wildman–Crippen MR) is 91.7 cm³/mol. The molecule has 0 bridgehead atoms. The minimum Gasteiger partial charge on any atom is -0.491 e. The van der Waals surface area contributed by atoms with Gasteiger partial charge in [-0.2, -0.15) is 4.39 Å². The van der Waals surface area contributed by atoms with Gasteiger partial charge in [0.1, 0.15) is 0 Å². The quantitative estimate of drug-likeness (QED) is 0.704. The lowest BCUT2D eigenvalue weighted by molar-refractivity contribution is -0.143. The number of ether oxygens (including phenoxy) is 3. The molecule has 1 saturated heterocycles. The van der Waals surface area contributed by atoms with Crippen molar-refractivity contribution in [3.63, 3.8) is 0 Å². The van der Waals surface area contributed by atoms with Crippen molar-refractivity contribution in [2.24, 2.45) is 5.92 Å². The van der Waals surface area contributed by atoms with E-state index in [9.17, 15) is 8.78 Å². The molecule has 140 valence electrons. The third kappa shape index (κ3) is 4.14. The molecule has 0 spiro atoms. The third-order valence-corrected chi connectivity index (χ3v) is 5.48. The second-order valence-electron chi connectivity index (χ2n) is 6.96. The molecule has 0 N–H and O–H groups in total. The summed E-state index contributed by atoms with van der Waals surface area (Å²) in [6, 6.07) is 3.24. The van der Waals surface area contributed by atoms with E-state index in [1.165, 1.54) is 0 Å². The van der Waals surface area contributed by atoms with Crippen molar-refractivity contribution in [1.29, 1.82) is 0 Å². The SMILES string of the molecule is CCOc1ccc(C2CCC(C3CCC(OCC)O3)CC2)c(F)c1F. The Bertz CT molecular complexity index is 570. The van der Waals surface area contributed by atoms with Gasteiger partial charge in [0.15, 0.2) is 17.9 Å². The Morgan fingerprint density at radius 2 is 1.72 bits per heavy atom. The molecule has 1 aliphatic carbocycles. The van der Waals surface area contributed by atoms with Crippen LogP contribution in [0.25, 0.3) is 0 Å². The van der Waals surface area contributed by atoms with Gasteiger partial charge >= 0.3 is 0 Å². The lowest BCUT2D eigenvalue weighted by Gasteiger charge is -2.32. The molecule has 0 radical (unpaired) electrons. The number of hydrogen-bond acceptors (Lipinski definition) is 3. The van der Waals surface area contributed by atoms with Crippen LogP contribution in [0.5, 0.6) is 5.75 Å². The Morgan fingerprint density at radius 3 is 2.40 bits per heavy atom. The Hall–Kier alpha value is -1.20. The first-order valence-corrected chi connectivity index (χ1v) is 9.51. The maximum atomic E-state index is 14.4. The van der Waals surface area contributed by atoms with Crippen LogP contribution >= 0.6 is 0 Å². The van der Waals surface area contributed by atoms with Crippen molar-refractivity contribution < 1.29 is 23.0 Å². The van der Waals surface area contributed by atoms with Crippen LogP contribution in [-0.2, 0) is 9.47 Å². The highest BCUT2D eigenvalue weighted by Gasteiger charge is 2.35. The molecule has 5 heteroatoms. The predicted octanol–water partition coefficient (Wildman–Crippen LogP) is 5.18. The van der Waals surface area contributed by atoms with Crippen LogP contribution in [0.3, 0.4) is 0 Å². The van der Waals surface area contributed by atoms with Crippen molar-refractivity contribution in [1.82, 2.24) is 0 Å². The summed E-state index contributed by atoms with van der Waals surface area (Å²) in [6.45, 7) is 4.73. The highest BCUT2D eigenvalue weighted by atomic mass is 19.2. The number of benzene rings is 1. The van der Waals surface area contributed by atoms with Crippen LogP contribution < -0.4 is 4.74 Å².